The molecule has 3 atom stereocenters. The van der Waals surface area contributed by atoms with E-state index in [2.05, 4.69) is 61.5 Å². The highest BCUT2D eigenvalue weighted by atomic mass is 16.3. The first-order valence-electron chi connectivity index (χ1n) is 8.30. The highest BCUT2D eigenvalue weighted by molar-refractivity contribution is 5.69. The van der Waals surface area contributed by atoms with Crippen molar-refractivity contribution < 1.29 is 5.11 Å². The zero-order valence-electron chi connectivity index (χ0n) is 13.9. The standard InChI is InChI=1S/C19H26N2O/c1-12(2)9-16(19(22)13(3)4)18-15-8-6-5-7-14(15)17-10-20-11-21(17)18/h5-8,10-13,16,18-19,22H,9H2,1-4H3/t16-,18+,19+/m1/s1. The number of benzene rings is 1. The Bertz CT molecular complexity index is 644. The first kappa shape index (κ1) is 15.3. The van der Waals surface area contributed by atoms with Crippen molar-refractivity contribution in [3.63, 3.8) is 0 Å². The maximum Gasteiger partial charge on any atom is 0.0956 e. The molecule has 0 fully saturated rings. The van der Waals surface area contributed by atoms with Crippen molar-refractivity contribution in [2.45, 2.75) is 46.3 Å². The van der Waals surface area contributed by atoms with Gasteiger partial charge in [-0.2, -0.15) is 0 Å². The van der Waals surface area contributed by atoms with Crippen LogP contribution in [0.15, 0.2) is 36.8 Å². The van der Waals surface area contributed by atoms with Gasteiger partial charge in [-0.1, -0.05) is 52.0 Å². The van der Waals surface area contributed by atoms with Crippen LogP contribution >= 0.6 is 0 Å². The topological polar surface area (TPSA) is 38.1 Å². The molecule has 0 spiro atoms. The Balaban J connectivity index is 2.08. The second-order valence-electron chi connectivity index (χ2n) is 7.25. The van der Waals surface area contributed by atoms with Gasteiger partial charge in [0.15, 0.2) is 0 Å². The lowest BCUT2D eigenvalue weighted by Crippen LogP contribution is -2.34. The van der Waals surface area contributed by atoms with Crippen molar-refractivity contribution in [2.24, 2.45) is 17.8 Å². The second kappa shape index (κ2) is 5.88. The zero-order valence-corrected chi connectivity index (χ0v) is 13.9. The van der Waals surface area contributed by atoms with E-state index in [-0.39, 0.29) is 24.0 Å². The van der Waals surface area contributed by atoms with Crippen molar-refractivity contribution >= 4 is 0 Å². The monoisotopic (exact) mass is 298 g/mol. The lowest BCUT2D eigenvalue weighted by atomic mass is 9.79. The van der Waals surface area contributed by atoms with E-state index in [1.165, 1.54) is 16.8 Å². The first-order chi connectivity index (χ1) is 10.5. The van der Waals surface area contributed by atoms with Crippen molar-refractivity contribution in [1.29, 1.82) is 0 Å². The van der Waals surface area contributed by atoms with E-state index in [1.807, 2.05) is 12.5 Å². The number of hydrogen-bond donors (Lipinski definition) is 1. The van der Waals surface area contributed by atoms with Gasteiger partial charge < -0.3 is 9.67 Å². The molecule has 0 unspecified atom stereocenters. The van der Waals surface area contributed by atoms with E-state index in [4.69, 9.17) is 0 Å². The van der Waals surface area contributed by atoms with E-state index >= 15 is 0 Å². The number of aliphatic hydroxyl groups excluding tert-OH is 1. The predicted octanol–water partition coefficient (Wildman–Crippen LogP) is 4.13. The molecule has 0 bridgehead atoms. The SMILES string of the molecule is CC(C)C[C@@H]([C@@H](O)C(C)C)[C@@H]1c2ccccc2-c2cncn21. The van der Waals surface area contributed by atoms with Gasteiger partial charge in [0, 0.05) is 11.5 Å². The molecule has 2 heterocycles. The lowest BCUT2D eigenvalue weighted by Gasteiger charge is -2.33. The van der Waals surface area contributed by atoms with Crippen LogP contribution in [-0.4, -0.2) is 20.8 Å². The number of fused-ring (bicyclic) bond motifs is 3. The van der Waals surface area contributed by atoms with Gasteiger partial charge in [-0.15, -0.1) is 0 Å². The molecule has 1 N–H and O–H groups in total. The molecule has 3 rings (SSSR count). The maximum absolute atomic E-state index is 10.9. The lowest BCUT2D eigenvalue weighted by molar-refractivity contribution is 0.0364. The summed E-state index contributed by atoms with van der Waals surface area (Å²) in [6, 6.07) is 8.73. The van der Waals surface area contributed by atoms with Crippen LogP contribution in [-0.2, 0) is 0 Å². The predicted molar refractivity (Wildman–Crippen MR) is 89.6 cm³/mol. The molecule has 0 radical (unpaired) electrons. The summed E-state index contributed by atoms with van der Waals surface area (Å²) in [6.45, 7) is 8.67. The largest absolute Gasteiger partial charge is 0.392 e. The number of hydrogen-bond acceptors (Lipinski definition) is 2. The third-order valence-electron chi connectivity index (χ3n) is 4.79. The summed E-state index contributed by atoms with van der Waals surface area (Å²) < 4.78 is 2.25. The van der Waals surface area contributed by atoms with E-state index in [0.717, 1.165) is 6.42 Å². The third-order valence-corrected chi connectivity index (χ3v) is 4.79. The van der Waals surface area contributed by atoms with Gasteiger partial charge in [-0.3, -0.25) is 0 Å². The van der Waals surface area contributed by atoms with Crippen LogP contribution in [0.5, 0.6) is 0 Å². The number of aromatic nitrogens is 2. The third kappa shape index (κ3) is 2.48. The molecule has 118 valence electrons. The molecule has 0 aliphatic carbocycles. The molecule has 0 saturated heterocycles. The summed E-state index contributed by atoms with van der Waals surface area (Å²) in [5, 5.41) is 10.9. The minimum Gasteiger partial charge on any atom is -0.392 e. The Morgan fingerprint density at radius 3 is 2.59 bits per heavy atom. The van der Waals surface area contributed by atoms with E-state index in [9.17, 15) is 5.11 Å². The Morgan fingerprint density at radius 1 is 1.18 bits per heavy atom. The van der Waals surface area contributed by atoms with Gasteiger partial charge >= 0.3 is 0 Å². The van der Waals surface area contributed by atoms with Crippen molar-refractivity contribution in [3.05, 3.63) is 42.4 Å². The fourth-order valence-corrected chi connectivity index (χ4v) is 3.80. The molecule has 3 heteroatoms. The molecule has 1 aliphatic rings. The van der Waals surface area contributed by atoms with Crippen molar-refractivity contribution in [2.75, 3.05) is 0 Å². The minimum atomic E-state index is -0.311. The van der Waals surface area contributed by atoms with Crippen LogP contribution < -0.4 is 0 Å². The summed E-state index contributed by atoms with van der Waals surface area (Å²) >= 11 is 0. The summed E-state index contributed by atoms with van der Waals surface area (Å²) in [4.78, 5) is 4.34. The minimum absolute atomic E-state index is 0.188. The van der Waals surface area contributed by atoms with Crippen LogP contribution in [0.1, 0.15) is 45.7 Å². The Hall–Kier alpha value is -1.61. The normalized spacial score (nSPS) is 19.3. The summed E-state index contributed by atoms with van der Waals surface area (Å²) in [6.07, 6.45) is 4.55. The number of aliphatic hydroxyl groups is 1. The van der Waals surface area contributed by atoms with Crippen LogP contribution in [0.3, 0.4) is 0 Å². The Kier molecular flexibility index (Phi) is 4.09. The van der Waals surface area contributed by atoms with Crippen LogP contribution in [0.4, 0.5) is 0 Å². The van der Waals surface area contributed by atoms with Gasteiger partial charge in [0.2, 0.25) is 0 Å². The highest BCUT2D eigenvalue weighted by Gasteiger charge is 2.38. The molecule has 1 aromatic carbocycles. The average Bonchev–Trinajstić information content (AvgIpc) is 3.04. The van der Waals surface area contributed by atoms with Gasteiger partial charge in [0.1, 0.15) is 0 Å². The van der Waals surface area contributed by atoms with Crippen LogP contribution in [0, 0.1) is 17.8 Å². The van der Waals surface area contributed by atoms with E-state index in [0.29, 0.717) is 5.92 Å². The fourth-order valence-electron chi connectivity index (χ4n) is 3.80. The first-order valence-corrected chi connectivity index (χ1v) is 8.30. The Morgan fingerprint density at radius 2 is 1.91 bits per heavy atom. The van der Waals surface area contributed by atoms with E-state index in [1.54, 1.807) is 0 Å². The van der Waals surface area contributed by atoms with Crippen LogP contribution in [0.25, 0.3) is 11.3 Å². The second-order valence-corrected chi connectivity index (χ2v) is 7.25. The average molecular weight is 298 g/mol. The number of imidazole rings is 1. The van der Waals surface area contributed by atoms with Gasteiger partial charge in [-0.05, 0) is 23.8 Å². The number of nitrogens with zero attached hydrogens (tertiary/aromatic N) is 2. The molecular weight excluding hydrogens is 272 g/mol. The summed E-state index contributed by atoms with van der Waals surface area (Å²) in [7, 11) is 0. The zero-order chi connectivity index (χ0) is 15.9. The molecule has 3 nitrogen and oxygen atoms in total. The molecule has 0 amide bonds. The molecule has 0 saturated carbocycles. The molecular formula is C19H26N2O. The van der Waals surface area contributed by atoms with E-state index < -0.39 is 0 Å². The van der Waals surface area contributed by atoms with Gasteiger partial charge in [-0.25, -0.2) is 4.98 Å². The van der Waals surface area contributed by atoms with Crippen molar-refractivity contribution in [3.8, 4) is 11.3 Å². The molecule has 22 heavy (non-hydrogen) atoms. The number of rotatable bonds is 5. The molecule has 2 aromatic rings. The molecule has 1 aromatic heterocycles. The van der Waals surface area contributed by atoms with Crippen molar-refractivity contribution in [1.82, 2.24) is 9.55 Å². The molecule has 1 aliphatic heterocycles. The Labute approximate surface area is 133 Å². The van der Waals surface area contributed by atoms with Crippen LogP contribution in [0.2, 0.25) is 0 Å². The van der Waals surface area contributed by atoms with Gasteiger partial charge in [0.05, 0.1) is 30.4 Å². The quantitative estimate of drug-likeness (QED) is 0.901. The summed E-state index contributed by atoms with van der Waals surface area (Å²) in [5.74, 6) is 1.01. The highest BCUT2D eigenvalue weighted by Crippen LogP contribution is 2.46. The van der Waals surface area contributed by atoms with Gasteiger partial charge in [0.25, 0.3) is 0 Å². The smallest absolute Gasteiger partial charge is 0.0956 e. The maximum atomic E-state index is 10.9. The summed E-state index contributed by atoms with van der Waals surface area (Å²) in [5.41, 5.74) is 3.75. The fraction of sp³-hybridized carbons (Fsp3) is 0.526.